The Balaban J connectivity index is 2.34. The number of benzene rings is 1. The second-order valence-corrected chi connectivity index (χ2v) is 4.64. The number of hydrogen-bond donors (Lipinski definition) is 2. The maximum Gasteiger partial charge on any atom is 0.356 e. The topological polar surface area (TPSA) is 88.9 Å². The number of carbonyl (C=O) groups excluding carboxylic acids is 1. The number of hydrazine groups is 1. The van der Waals surface area contributed by atoms with Crippen LogP contribution in [0.5, 0.6) is 0 Å². The third-order valence-electron chi connectivity index (χ3n) is 2.18. The zero-order valence-corrected chi connectivity index (χ0v) is 11.7. The summed E-state index contributed by atoms with van der Waals surface area (Å²) in [6, 6.07) is 4.66. The van der Waals surface area contributed by atoms with Crippen LogP contribution in [0.1, 0.15) is 6.92 Å². The van der Waals surface area contributed by atoms with Crippen LogP contribution in [0.4, 0.5) is 5.95 Å². The lowest BCUT2D eigenvalue weighted by atomic mass is 10.3. The van der Waals surface area contributed by atoms with Gasteiger partial charge in [0, 0.05) is 17.0 Å². The van der Waals surface area contributed by atoms with Gasteiger partial charge in [-0.1, -0.05) is 23.2 Å². The van der Waals surface area contributed by atoms with Gasteiger partial charge >= 0.3 is 5.69 Å². The van der Waals surface area contributed by atoms with Gasteiger partial charge in [0.15, 0.2) is 0 Å². The van der Waals surface area contributed by atoms with Gasteiger partial charge in [-0.15, -0.1) is 0 Å². The molecule has 0 saturated heterocycles. The molecule has 0 bridgehead atoms. The highest BCUT2D eigenvalue weighted by molar-refractivity contribution is 6.34. The van der Waals surface area contributed by atoms with E-state index >= 15 is 0 Å². The van der Waals surface area contributed by atoms with Crippen molar-refractivity contribution in [3.8, 4) is 5.69 Å². The molecule has 0 aliphatic rings. The molecule has 9 heteroatoms. The average molecular weight is 314 g/mol. The summed E-state index contributed by atoms with van der Waals surface area (Å²) in [4.78, 5) is 30.2. The van der Waals surface area contributed by atoms with Crippen LogP contribution >= 0.6 is 23.2 Å². The first-order valence-corrected chi connectivity index (χ1v) is 6.16. The first-order chi connectivity index (χ1) is 9.45. The molecule has 0 spiro atoms. The van der Waals surface area contributed by atoms with Gasteiger partial charge in [-0.2, -0.15) is 4.98 Å². The Morgan fingerprint density at radius 1 is 1.25 bits per heavy atom. The van der Waals surface area contributed by atoms with Crippen molar-refractivity contribution in [3.63, 3.8) is 0 Å². The molecule has 2 aromatic rings. The predicted octanol–water partition coefficient (Wildman–Crippen LogP) is 1.40. The lowest BCUT2D eigenvalue weighted by Gasteiger charge is -2.07. The number of anilines is 1. The van der Waals surface area contributed by atoms with Crippen LogP contribution in [0.2, 0.25) is 10.0 Å². The minimum Gasteiger partial charge on any atom is -0.274 e. The molecule has 104 valence electrons. The van der Waals surface area contributed by atoms with Crippen LogP contribution in [0, 0.1) is 0 Å². The summed E-state index contributed by atoms with van der Waals surface area (Å²) in [5.41, 5.74) is 4.51. The molecular formula is C11H9Cl2N5O2. The Bertz CT molecular complexity index is 696. The molecule has 1 heterocycles. The maximum absolute atomic E-state index is 11.9. The molecule has 20 heavy (non-hydrogen) atoms. The molecule has 0 fully saturated rings. The maximum atomic E-state index is 11.9. The highest BCUT2D eigenvalue weighted by atomic mass is 35.5. The smallest absolute Gasteiger partial charge is 0.274 e. The van der Waals surface area contributed by atoms with Gasteiger partial charge in [0.05, 0.1) is 5.69 Å². The Kier molecular flexibility index (Phi) is 4.21. The van der Waals surface area contributed by atoms with E-state index in [4.69, 9.17) is 23.2 Å². The molecule has 0 radical (unpaired) electrons. The Hall–Kier alpha value is -2.12. The molecule has 0 aliphatic carbocycles. The zero-order chi connectivity index (χ0) is 14.7. The molecule has 0 unspecified atom stereocenters. The summed E-state index contributed by atoms with van der Waals surface area (Å²) < 4.78 is 1.18. The largest absolute Gasteiger partial charge is 0.356 e. The Morgan fingerprint density at radius 3 is 2.45 bits per heavy atom. The van der Waals surface area contributed by atoms with Gasteiger partial charge in [0.25, 0.3) is 0 Å². The van der Waals surface area contributed by atoms with Gasteiger partial charge in [0.2, 0.25) is 11.9 Å². The van der Waals surface area contributed by atoms with Crippen LogP contribution < -0.4 is 16.5 Å². The van der Waals surface area contributed by atoms with Crippen LogP contribution in [-0.2, 0) is 4.79 Å². The van der Waals surface area contributed by atoms with E-state index in [1.54, 1.807) is 18.2 Å². The van der Waals surface area contributed by atoms with Gasteiger partial charge in [-0.05, 0) is 18.2 Å². The van der Waals surface area contributed by atoms with Crippen molar-refractivity contribution in [2.24, 2.45) is 0 Å². The fourth-order valence-corrected chi connectivity index (χ4v) is 1.91. The van der Waals surface area contributed by atoms with Crippen LogP contribution in [0.15, 0.2) is 29.3 Å². The normalized spacial score (nSPS) is 10.2. The monoisotopic (exact) mass is 313 g/mol. The molecule has 0 aliphatic heterocycles. The third-order valence-corrected chi connectivity index (χ3v) is 2.62. The van der Waals surface area contributed by atoms with E-state index in [1.165, 1.54) is 17.8 Å². The van der Waals surface area contributed by atoms with E-state index in [1.807, 2.05) is 0 Å². The van der Waals surface area contributed by atoms with Crippen LogP contribution in [-0.4, -0.2) is 20.4 Å². The lowest BCUT2D eigenvalue weighted by molar-refractivity contribution is -0.118. The van der Waals surface area contributed by atoms with Crippen LogP contribution in [0.25, 0.3) is 5.69 Å². The van der Waals surface area contributed by atoms with E-state index in [0.717, 1.165) is 0 Å². The summed E-state index contributed by atoms with van der Waals surface area (Å²) in [6.07, 6.45) is 1.25. The lowest BCUT2D eigenvalue weighted by Crippen LogP contribution is -2.31. The standard InChI is InChI=1S/C11H9Cl2N5O2/c1-6(19)16-17-10-14-5-18(11(20)15-10)9-3-7(12)2-8(13)4-9/h2-5H,1H3,(H,16,19)(H,15,17,20). The molecule has 0 atom stereocenters. The molecule has 2 N–H and O–H groups in total. The van der Waals surface area contributed by atoms with E-state index in [9.17, 15) is 9.59 Å². The van der Waals surface area contributed by atoms with Gasteiger partial charge in [0.1, 0.15) is 6.33 Å². The minimum atomic E-state index is -0.591. The number of halogens is 2. The average Bonchev–Trinajstić information content (AvgIpc) is 2.35. The third kappa shape index (κ3) is 3.46. The minimum absolute atomic E-state index is 0.0189. The second-order valence-electron chi connectivity index (χ2n) is 3.77. The number of amides is 1. The highest BCUT2D eigenvalue weighted by Gasteiger charge is 2.06. The SMILES string of the molecule is CC(=O)NNc1ncn(-c2cc(Cl)cc(Cl)c2)c(=O)n1. The molecule has 7 nitrogen and oxygen atoms in total. The van der Waals surface area contributed by atoms with Crippen molar-refractivity contribution in [1.82, 2.24) is 20.0 Å². The van der Waals surface area contributed by atoms with Crippen molar-refractivity contribution in [2.75, 3.05) is 5.43 Å². The highest BCUT2D eigenvalue weighted by Crippen LogP contribution is 2.20. The van der Waals surface area contributed by atoms with E-state index in [2.05, 4.69) is 20.8 Å². The van der Waals surface area contributed by atoms with Crippen molar-refractivity contribution in [2.45, 2.75) is 6.92 Å². The summed E-state index contributed by atoms with van der Waals surface area (Å²) >= 11 is 11.7. The first-order valence-electron chi connectivity index (χ1n) is 5.40. The van der Waals surface area contributed by atoms with Crippen molar-refractivity contribution < 1.29 is 4.79 Å². The number of rotatable bonds is 3. The number of nitrogens with one attached hydrogen (secondary N) is 2. The van der Waals surface area contributed by atoms with Crippen molar-refractivity contribution >= 4 is 35.1 Å². The molecule has 0 saturated carbocycles. The quantitative estimate of drug-likeness (QED) is 0.836. The number of carbonyl (C=O) groups is 1. The van der Waals surface area contributed by atoms with E-state index < -0.39 is 5.69 Å². The zero-order valence-electron chi connectivity index (χ0n) is 10.2. The molecular weight excluding hydrogens is 305 g/mol. The Morgan fingerprint density at radius 2 is 1.90 bits per heavy atom. The number of nitrogens with zero attached hydrogens (tertiary/aromatic N) is 3. The van der Waals surface area contributed by atoms with Crippen LogP contribution in [0.3, 0.4) is 0 Å². The van der Waals surface area contributed by atoms with E-state index in [0.29, 0.717) is 15.7 Å². The number of aromatic nitrogens is 3. The Labute approximate surface area is 123 Å². The summed E-state index contributed by atoms with van der Waals surface area (Å²) in [5, 5.41) is 0.777. The number of hydrogen-bond acceptors (Lipinski definition) is 5. The van der Waals surface area contributed by atoms with Gasteiger partial charge in [-0.25, -0.2) is 9.78 Å². The fourth-order valence-electron chi connectivity index (χ4n) is 1.39. The molecule has 1 amide bonds. The second kappa shape index (κ2) is 5.89. The molecule has 1 aromatic heterocycles. The summed E-state index contributed by atoms with van der Waals surface area (Å²) in [7, 11) is 0. The summed E-state index contributed by atoms with van der Waals surface area (Å²) in [6.45, 7) is 1.31. The fraction of sp³-hybridized carbons (Fsp3) is 0.0909. The first kappa shape index (κ1) is 14.3. The predicted molar refractivity (Wildman–Crippen MR) is 75.1 cm³/mol. The van der Waals surface area contributed by atoms with Crippen molar-refractivity contribution in [1.29, 1.82) is 0 Å². The summed E-state index contributed by atoms with van der Waals surface area (Å²) in [5.74, 6) is -0.353. The van der Waals surface area contributed by atoms with Crippen molar-refractivity contribution in [3.05, 3.63) is 45.1 Å². The van der Waals surface area contributed by atoms with Gasteiger partial charge in [-0.3, -0.25) is 20.2 Å². The van der Waals surface area contributed by atoms with Gasteiger partial charge < -0.3 is 0 Å². The molecule has 2 rings (SSSR count). The van der Waals surface area contributed by atoms with E-state index in [-0.39, 0.29) is 11.9 Å². The molecule has 1 aromatic carbocycles.